The van der Waals surface area contributed by atoms with Crippen LogP contribution in [0.5, 0.6) is 0 Å². The number of aliphatic imine (C=N–C) groups is 1. The van der Waals surface area contributed by atoms with E-state index in [4.69, 9.17) is 4.74 Å². The molecule has 0 radical (unpaired) electrons. The molecule has 0 amide bonds. The van der Waals surface area contributed by atoms with Crippen LogP contribution in [-0.2, 0) is 11.3 Å². The molecule has 0 spiro atoms. The van der Waals surface area contributed by atoms with Crippen LogP contribution in [-0.4, -0.2) is 44.7 Å². The van der Waals surface area contributed by atoms with E-state index < -0.39 is 0 Å². The first-order chi connectivity index (χ1) is 10.7. The second kappa shape index (κ2) is 9.16. The minimum Gasteiger partial charge on any atom is -0.381 e. The van der Waals surface area contributed by atoms with Gasteiger partial charge in [-0.2, -0.15) is 0 Å². The van der Waals surface area contributed by atoms with Gasteiger partial charge in [-0.1, -0.05) is 28.1 Å². The third-order valence-corrected chi connectivity index (χ3v) is 4.68. The highest BCUT2D eigenvalue weighted by Crippen LogP contribution is 2.18. The molecule has 1 aliphatic heterocycles. The number of hydrogen-bond donors (Lipinski definition) is 1. The first-order valence-electron chi connectivity index (χ1n) is 7.93. The van der Waals surface area contributed by atoms with E-state index >= 15 is 0 Å². The van der Waals surface area contributed by atoms with Gasteiger partial charge < -0.3 is 15.0 Å². The minimum atomic E-state index is 0.792. The highest BCUT2D eigenvalue weighted by atomic mass is 79.9. The van der Waals surface area contributed by atoms with Crippen molar-refractivity contribution in [1.82, 2.24) is 10.2 Å². The molecule has 2 rings (SSSR count). The molecule has 1 N–H and O–H groups in total. The van der Waals surface area contributed by atoms with Crippen LogP contribution in [0.1, 0.15) is 24.8 Å². The summed E-state index contributed by atoms with van der Waals surface area (Å²) in [6, 6.07) is 8.36. The van der Waals surface area contributed by atoms with Gasteiger partial charge in [-0.15, -0.1) is 0 Å². The fraction of sp³-hybridized carbons (Fsp3) is 0.588. The van der Waals surface area contributed by atoms with Crippen LogP contribution in [0.2, 0.25) is 0 Å². The molecule has 0 aliphatic carbocycles. The van der Waals surface area contributed by atoms with Gasteiger partial charge in [0, 0.05) is 44.9 Å². The molecule has 0 saturated carbocycles. The maximum Gasteiger partial charge on any atom is 0.193 e. The summed E-state index contributed by atoms with van der Waals surface area (Å²) in [6.07, 6.45) is 3.59. The molecule has 1 aromatic carbocycles. The molecule has 0 bridgehead atoms. The smallest absolute Gasteiger partial charge is 0.193 e. The Morgan fingerprint density at radius 1 is 1.32 bits per heavy atom. The van der Waals surface area contributed by atoms with E-state index in [-0.39, 0.29) is 0 Å². The molecule has 5 heteroatoms. The van der Waals surface area contributed by atoms with E-state index in [1.807, 2.05) is 7.05 Å². The predicted molar refractivity (Wildman–Crippen MR) is 95.1 cm³/mol. The summed E-state index contributed by atoms with van der Waals surface area (Å²) in [6.45, 7) is 3.67. The fourth-order valence-electron chi connectivity index (χ4n) is 2.69. The number of hydrogen-bond acceptors (Lipinski definition) is 2. The van der Waals surface area contributed by atoms with Crippen molar-refractivity contribution in [2.75, 3.05) is 33.9 Å². The summed E-state index contributed by atoms with van der Waals surface area (Å²) in [5, 5.41) is 3.43. The third-order valence-electron chi connectivity index (χ3n) is 4.15. The van der Waals surface area contributed by atoms with Gasteiger partial charge in [0.2, 0.25) is 0 Å². The maximum absolute atomic E-state index is 5.42. The average Bonchev–Trinajstić information content (AvgIpc) is 2.56. The zero-order valence-corrected chi connectivity index (χ0v) is 15.1. The topological polar surface area (TPSA) is 36.9 Å². The van der Waals surface area contributed by atoms with E-state index in [1.165, 1.54) is 24.8 Å². The van der Waals surface area contributed by atoms with Gasteiger partial charge in [0.1, 0.15) is 0 Å². The van der Waals surface area contributed by atoms with Crippen molar-refractivity contribution in [1.29, 1.82) is 0 Å². The lowest BCUT2D eigenvalue weighted by Gasteiger charge is -2.26. The summed E-state index contributed by atoms with van der Waals surface area (Å²) in [4.78, 5) is 6.60. The Hall–Kier alpha value is -1.07. The Morgan fingerprint density at radius 3 is 2.64 bits per heavy atom. The molecular formula is C17H26BrN3O. The average molecular weight is 368 g/mol. The van der Waals surface area contributed by atoms with E-state index in [0.717, 1.165) is 42.7 Å². The van der Waals surface area contributed by atoms with Gasteiger partial charge in [-0.3, -0.25) is 4.99 Å². The maximum atomic E-state index is 5.42. The van der Waals surface area contributed by atoms with Crippen LogP contribution < -0.4 is 5.32 Å². The normalized spacial score (nSPS) is 16.6. The molecule has 122 valence electrons. The van der Waals surface area contributed by atoms with Gasteiger partial charge in [0.05, 0.1) is 0 Å². The van der Waals surface area contributed by atoms with Crippen molar-refractivity contribution < 1.29 is 4.74 Å². The molecule has 1 heterocycles. The number of rotatable bonds is 5. The van der Waals surface area contributed by atoms with Crippen LogP contribution in [0.25, 0.3) is 0 Å². The second-order valence-corrected chi connectivity index (χ2v) is 6.71. The van der Waals surface area contributed by atoms with Crippen molar-refractivity contribution in [3.8, 4) is 0 Å². The molecule has 1 saturated heterocycles. The fourth-order valence-corrected chi connectivity index (χ4v) is 2.95. The lowest BCUT2D eigenvalue weighted by molar-refractivity contribution is 0.0625. The lowest BCUT2D eigenvalue weighted by Crippen LogP contribution is -2.39. The van der Waals surface area contributed by atoms with Gasteiger partial charge in [-0.25, -0.2) is 0 Å². The predicted octanol–water partition coefficient (Wildman–Crippen LogP) is 3.27. The van der Waals surface area contributed by atoms with E-state index in [2.05, 4.69) is 62.5 Å². The minimum absolute atomic E-state index is 0.792. The molecule has 0 aromatic heterocycles. The van der Waals surface area contributed by atoms with E-state index in [1.54, 1.807) is 0 Å². The Kier molecular flexibility index (Phi) is 7.19. The summed E-state index contributed by atoms with van der Waals surface area (Å²) >= 11 is 3.46. The second-order valence-electron chi connectivity index (χ2n) is 5.79. The molecular weight excluding hydrogens is 342 g/mol. The molecule has 22 heavy (non-hydrogen) atoms. The van der Waals surface area contributed by atoms with Crippen LogP contribution in [0, 0.1) is 5.92 Å². The standard InChI is InChI=1S/C17H26BrN3O/c1-19-17(20-13-15-3-5-16(18)6-4-15)21(2)10-7-14-8-11-22-12-9-14/h3-6,14H,7-13H2,1-2H3,(H,19,20). The largest absolute Gasteiger partial charge is 0.381 e. The Morgan fingerprint density at radius 2 is 2.00 bits per heavy atom. The van der Waals surface area contributed by atoms with Crippen molar-refractivity contribution in [3.05, 3.63) is 34.3 Å². The molecule has 1 fully saturated rings. The van der Waals surface area contributed by atoms with Crippen LogP contribution in [0.3, 0.4) is 0 Å². The quantitative estimate of drug-likeness (QED) is 0.640. The molecule has 4 nitrogen and oxygen atoms in total. The Bertz CT molecular complexity index is 469. The van der Waals surface area contributed by atoms with Crippen LogP contribution >= 0.6 is 15.9 Å². The van der Waals surface area contributed by atoms with E-state index in [0.29, 0.717) is 0 Å². The molecule has 1 aromatic rings. The first kappa shape index (κ1) is 17.3. The lowest BCUT2D eigenvalue weighted by atomic mass is 9.96. The molecule has 1 aliphatic rings. The number of nitrogens with zero attached hydrogens (tertiary/aromatic N) is 2. The summed E-state index contributed by atoms with van der Waals surface area (Å²) in [7, 11) is 3.95. The van der Waals surface area contributed by atoms with Crippen molar-refractivity contribution >= 4 is 21.9 Å². The molecule has 0 unspecified atom stereocenters. The van der Waals surface area contributed by atoms with Gasteiger partial charge in [-0.05, 0) is 42.9 Å². The molecule has 0 atom stereocenters. The van der Waals surface area contributed by atoms with Crippen molar-refractivity contribution in [2.24, 2.45) is 10.9 Å². The first-order valence-corrected chi connectivity index (χ1v) is 8.72. The zero-order valence-electron chi connectivity index (χ0n) is 13.5. The highest BCUT2D eigenvalue weighted by Gasteiger charge is 2.15. The van der Waals surface area contributed by atoms with Crippen LogP contribution in [0.15, 0.2) is 33.7 Å². The number of ether oxygens (including phenoxy) is 1. The Balaban J connectivity index is 1.76. The van der Waals surface area contributed by atoms with Crippen molar-refractivity contribution in [3.63, 3.8) is 0 Å². The summed E-state index contributed by atoms with van der Waals surface area (Å²) in [5.41, 5.74) is 1.25. The van der Waals surface area contributed by atoms with Gasteiger partial charge in [0.25, 0.3) is 0 Å². The van der Waals surface area contributed by atoms with E-state index in [9.17, 15) is 0 Å². The SMILES string of the molecule is CN=C(NCc1ccc(Br)cc1)N(C)CCC1CCOCC1. The van der Waals surface area contributed by atoms with Gasteiger partial charge in [0.15, 0.2) is 5.96 Å². The third kappa shape index (κ3) is 5.61. The number of benzene rings is 1. The van der Waals surface area contributed by atoms with Crippen molar-refractivity contribution in [2.45, 2.75) is 25.8 Å². The summed E-state index contributed by atoms with van der Waals surface area (Å²) < 4.78 is 6.52. The zero-order chi connectivity index (χ0) is 15.8. The highest BCUT2D eigenvalue weighted by molar-refractivity contribution is 9.10. The number of guanidine groups is 1. The Labute approximate surface area is 142 Å². The number of nitrogens with one attached hydrogen (secondary N) is 1. The monoisotopic (exact) mass is 367 g/mol. The number of halogens is 1. The van der Waals surface area contributed by atoms with Crippen LogP contribution in [0.4, 0.5) is 0 Å². The summed E-state index contributed by atoms with van der Waals surface area (Å²) in [5.74, 6) is 1.75. The van der Waals surface area contributed by atoms with Gasteiger partial charge >= 0.3 is 0 Å².